The highest BCUT2D eigenvalue weighted by Crippen LogP contribution is 2.09. The lowest BCUT2D eigenvalue weighted by Crippen LogP contribution is -2.39. The van der Waals surface area contributed by atoms with E-state index in [4.69, 9.17) is 0 Å². The first-order valence-electron chi connectivity index (χ1n) is 5.96. The molecule has 0 spiro atoms. The number of nitrogens with zero attached hydrogens (tertiary/aromatic N) is 1. The van der Waals surface area contributed by atoms with Gasteiger partial charge in [0.25, 0.3) is 0 Å². The van der Waals surface area contributed by atoms with Crippen molar-refractivity contribution in [2.75, 3.05) is 39.3 Å². The predicted molar refractivity (Wildman–Crippen MR) is 61.8 cm³/mol. The summed E-state index contributed by atoms with van der Waals surface area (Å²) >= 11 is 0. The fourth-order valence-electron chi connectivity index (χ4n) is 2.00. The molecule has 0 bridgehead atoms. The van der Waals surface area contributed by atoms with Gasteiger partial charge in [-0.15, -0.1) is 0 Å². The Hall–Kier alpha value is -0.610. The SMILES string of the molecule is CCNC(=O)CN(CC)CC1CCNC1. The van der Waals surface area contributed by atoms with Gasteiger partial charge >= 0.3 is 0 Å². The van der Waals surface area contributed by atoms with Crippen LogP contribution >= 0.6 is 0 Å². The van der Waals surface area contributed by atoms with Gasteiger partial charge in [0.2, 0.25) is 5.91 Å². The van der Waals surface area contributed by atoms with Crippen LogP contribution in [0.4, 0.5) is 0 Å². The van der Waals surface area contributed by atoms with E-state index >= 15 is 0 Å². The largest absolute Gasteiger partial charge is 0.355 e. The van der Waals surface area contributed by atoms with Crippen LogP contribution in [0.5, 0.6) is 0 Å². The molecule has 1 aliphatic heterocycles. The van der Waals surface area contributed by atoms with E-state index in [1.165, 1.54) is 6.42 Å². The van der Waals surface area contributed by atoms with Crippen LogP contribution in [-0.2, 0) is 4.79 Å². The van der Waals surface area contributed by atoms with Gasteiger partial charge in [-0.1, -0.05) is 6.92 Å². The molecule has 1 unspecified atom stereocenters. The molecular weight excluding hydrogens is 190 g/mol. The Bertz CT molecular complexity index is 190. The maximum atomic E-state index is 11.4. The van der Waals surface area contributed by atoms with Crippen molar-refractivity contribution in [1.29, 1.82) is 0 Å². The maximum absolute atomic E-state index is 11.4. The monoisotopic (exact) mass is 213 g/mol. The third-order valence-corrected chi connectivity index (χ3v) is 2.87. The molecule has 1 saturated heterocycles. The Kier molecular flexibility index (Phi) is 5.65. The molecule has 4 nitrogen and oxygen atoms in total. The normalized spacial score (nSPS) is 20.9. The lowest BCUT2D eigenvalue weighted by molar-refractivity contribution is -0.122. The van der Waals surface area contributed by atoms with Crippen molar-refractivity contribution in [3.8, 4) is 0 Å². The maximum Gasteiger partial charge on any atom is 0.234 e. The van der Waals surface area contributed by atoms with E-state index < -0.39 is 0 Å². The van der Waals surface area contributed by atoms with E-state index in [0.717, 1.165) is 38.6 Å². The Balaban J connectivity index is 2.24. The lowest BCUT2D eigenvalue weighted by Gasteiger charge is -2.22. The third-order valence-electron chi connectivity index (χ3n) is 2.87. The molecule has 15 heavy (non-hydrogen) atoms. The van der Waals surface area contributed by atoms with E-state index in [9.17, 15) is 4.79 Å². The Morgan fingerprint density at radius 2 is 2.33 bits per heavy atom. The second-order valence-electron chi connectivity index (χ2n) is 4.14. The minimum absolute atomic E-state index is 0.144. The smallest absolute Gasteiger partial charge is 0.234 e. The highest BCUT2D eigenvalue weighted by Gasteiger charge is 2.18. The molecule has 0 radical (unpaired) electrons. The van der Waals surface area contributed by atoms with Gasteiger partial charge in [-0.2, -0.15) is 0 Å². The predicted octanol–water partition coefficient (Wildman–Crippen LogP) is 0.0539. The number of carbonyl (C=O) groups is 1. The van der Waals surface area contributed by atoms with E-state index in [2.05, 4.69) is 22.5 Å². The average molecular weight is 213 g/mol. The lowest BCUT2D eigenvalue weighted by atomic mass is 10.1. The number of hydrogen-bond acceptors (Lipinski definition) is 3. The van der Waals surface area contributed by atoms with Gasteiger partial charge in [0.05, 0.1) is 6.54 Å². The summed E-state index contributed by atoms with van der Waals surface area (Å²) in [6.07, 6.45) is 1.24. The summed E-state index contributed by atoms with van der Waals surface area (Å²) in [5.41, 5.74) is 0. The number of likely N-dealkylation sites (N-methyl/N-ethyl adjacent to an activating group) is 2. The fourth-order valence-corrected chi connectivity index (χ4v) is 2.00. The van der Waals surface area contributed by atoms with Crippen LogP contribution < -0.4 is 10.6 Å². The summed E-state index contributed by atoms with van der Waals surface area (Å²) in [6, 6.07) is 0. The second-order valence-corrected chi connectivity index (χ2v) is 4.14. The molecule has 88 valence electrons. The van der Waals surface area contributed by atoms with Crippen molar-refractivity contribution in [2.24, 2.45) is 5.92 Å². The molecule has 0 aromatic carbocycles. The quantitative estimate of drug-likeness (QED) is 0.655. The zero-order valence-electron chi connectivity index (χ0n) is 9.88. The zero-order chi connectivity index (χ0) is 11.1. The molecule has 1 rings (SSSR count). The molecule has 1 atom stereocenters. The number of carbonyl (C=O) groups excluding carboxylic acids is 1. The summed E-state index contributed by atoms with van der Waals surface area (Å²) in [6.45, 7) is 9.56. The van der Waals surface area contributed by atoms with Crippen molar-refractivity contribution >= 4 is 5.91 Å². The third kappa shape index (κ3) is 4.62. The van der Waals surface area contributed by atoms with Crippen LogP contribution in [0.3, 0.4) is 0 Å². The van der Waals surface area contributed by atoms with E-state index in [-0.39, 0.29) is 5.91 Å². The summed E-state index contributed by atoms with van der Waals surface area (Å²) in [4.78, 5) is 13.6. The van der Waals surface area contributed by atoms with Crippen LogP contribution in [0.15, 0.2) is 0 Å². The van der Waals surface area contributed by atoms with Gasteiger partial charge in [0.1, 0.15) is 0 Å². The first-order valence-corrected chi connectivity index (χ1v) is 5.96. The Morgan fingerprint density at radius 1 is 1.53 bits per heavy atom. The van der Waals surface area contributed by atoms with Crippen LogP contribution in [0.2, 0.25) is 0 Å². The standard InChI is InChI=1S/C11H23N3O/c1-3-13-11(15)9-14(4-2)8-10-5-6-12-7-10/h10,12H,3-9H2,1-2H3,(H,13,15). The van der Waals surface area contributed by atoms with Crippen LogP contribution in [0.1, 0.15) is 20.3 Å². The van der Waals surface area contributed by atoms with E-state index in [1.807, 2.05) is 6.92 Å². The number of amides is 1. The second kappa shape index (κ2) is 6.80. The molecule has 1 fully saturated rings. The van der Waals surface area contributed by atoms with Crippen molar-refractivity contribution in [1.82, 2.24) is 15.5 Å². The topological polar surface area (TPSA) is 44.4 Å². The molecule has 4 heteroatoms. The van der Waals surface area contributed by atoms with Gasteiger partial charge in [-0.05, 0) is 38.9 Å². The highest BCUT2D eigenvalue weighted by atomic mass is 16.2. The van der Waals surface area contributed by atoms with Crippen LogP contribution in [0, 0.1) is 5.92 Å². The molecule has 1 amide bonds. The highest BCUT2D eigenvalue weighted by molar-refractivity contribution is 5.77. The first kappa shape index (κ1) is 12.5. The molecule has 0 aromatic rings. The van der Waals surface area contributed by atoms with Gasteiger partial charge in [-0.25, -0.2) is 0 Å². The summed E-state index contributed by atoms with van der Waals surface area (Å²) in [7, 11) is 0. The minimum atomic E-state index is 0.144. The molecule has 0 aliphatic carbocycles. The molecule has 1 aliphatic rings. The fraction of sp³-hybridized carbons (Fsp3) is 0.909. The Morgan fingerprint density at radius 3 is 2.87 bits per heavy atom. The van der Waals surface area contributed by atoms with E-state index in [1.54, 1.807) is 0 Å². The zero-order valence-corrected chi connectivity index (χ0v) is 9.88. The molecule has 0 saturated carbocycles. The number of nitrogens with one attached hydrogen (secondary N) is 2. The van der Waals surface area contributed by atoms with Gasteiger partial charge < -0.3 is 10.6 Å². The van der Waals surface area contributed by atoms with Gasteiger partial charge in [-0.3, -0.25) is 9.69 Å². The first-order chi connectivity index (χ1) is 7.26. The number of hydrogen-bond donors (Lipinski definition) is 2. The van der Waals surface area contributed by atoms with Crippen molar-refractivity contribution in [2.45, 2.75) is 20.3 Å². The summed E-state index contributed by atoms with van der Waals surface area (Å²) < 4.78 is 0. The van der Waals surface area contributed by atoms with Gasteiger partial charge in [0.15, 0.2) is 0 Å². The van der Waals surface area contributed by atoms with Crippen LogP contribution in [0.25, 0.3) is 0 Å². The number of rotatable bonds is 6. The average Bonchev–Trinajstić information content (AvgIpc) is 2.70. The van der Waals surface area contributed by atoms with Crippen molar-refractivity contribution < 1.29 is 4.79 Å². The van der Waals surface area contributed by atoms with E-state index in [0.29, 0.717) is 6.54 Å². The summed E-state index contributed by atoms with van der Waals surface area (Å²) in [5.74, 6) is 0.865. The Labute approximate surface area is 92.4 Å². The van der Waals surface area contributed by atoms with Crippen molar-refractivity contribution in [3.05, 3.63) is 0 Å². The summed E-state index contributed by atoms with van der Waals surface area (Å²) in [5, 5.41) is 6.19. The minimum Gasteiger partial charge on any atom is -0.355 e. The molecule has 1 heterocycles. The molecular formula is C11H23N3O. The molecule has 0 aromatic heterocycles. The van der Waals surface area contributed by atoms with Crippen LogP contribution in [-0.4, -0.2) is 50.1 Å². The van der Waals surface area contributed by atoms with Gasteiger partial charge in [0, 0.05) is 13.1 Å². The molecule has 2 N–H and O–H groups in total. The van der Waals surface area contributed by atoms with Crippen molar-refractivity contribution in [3.63, 3.8) is 0 Å².